The SMILES string of the molecule is COc1cccc(C2CC(=O)C3=C(C2)Nc2ccccc2NC3c2cccc([N+](=O)[O-])c2)c1. The van der Waals surface area contributed by atoms with Gasteiger partial charge in [-0.1, -0.05) is 36.4 Å². The molecule has 2 aliphatic rings. The van der Waals surface area contributed by atoms with Crippen molar-refractivity contribution in [2.24, 2.45) is 0 Å². The first-order chi connectivity index (χ1) is 16.0. The van der Waals surface area contributed by atoms with E-state index in [1.54, 1.807) is 13.2 Å². The number of Topliss-reactive ketones (excluding diaryl/α,β-unsaturated/α-hetero) is 1. The lowest BCUT2D eigenvalue weighted by Crippen LogP contribution is -2.26. The first-order valence-corrected chi connectivity index (χ1v) is 10.8. The maximum atomic E-state index is 13.6. The third-order valence-corrected chi connectivity index (χ3v) is 6.29. The van der Waals surface area contributed by atoms with Gasteiger partial charge in [-0.15, -0.1) is 0 Å². The van der Waals surface area contributed by atoms with E-state index >= 15 is 0 Å². The van der Waals surface area contributed by atoms with Gasteiger partial charge in [0.25, 0.3) is 5.69 Å². The summed E-state index contributed by atoms with van der Waals surface area (Å²) in [5.41, 5.74) is 4.92. The van der Waals surface area contributed by atoms with Crippen LogP contribution < -0.4 is 15.4 Å². The summed E-state index contributed by atoms with van der Waals surface area (Å²) in [6, 6.07) is 21.6. The maximum absolute atomic E-state index is 13.6. The van der Waals surface area contributed by atoms with E-state index in [1.165, 1.54) is 12.1 Å². The number of rotatable bonds is 4. The Morgan fingerprint density at radius 2 is 1.70 bits per heavy atom. The minimum Gasteiger partial charge on any atom is -0.497 e. The van der Waals surface area contributed by atoms with Crippen LogP contribution in [-0.4, -0.2) is 17.8 Å². The van der Waals surface area contributed by atoms with Crippen LogP contribution in [0.5, 0.6) is 5.75 Å². The molecule has 2 unspecified atom stereocenters. The molecule has 166 valence electrons. The van der Waals surface area contributed by atoms with Gasteiger partial charge in [-0.25, -0.2) is 0 Å². The van der Waals surface area contributed by atoms with Crippen LogP contribution in [0.15, 0.2) is 84.1 Å². The van der Waals surface area contributed by atoms with Crippen molar-refractivity contribution in [3.05, 3.63) is 105 Å². The van der Waals surface area contributed by atoms with Crippen molar-refractivity contribution in [3.63, 3.8) is 0 Å². The smallest absolute Gasteiger partial charge is 0.269 e. The molecule has 3 aromatic carbocycles. The highest BCUT2D eigenvalue weighted by Crippen LogP contribution is 2.44. The molecule has 0 spiro atoms. The third-order valence-electron chi connectivity index (χ3n) is 6.29. The minimum absolute atomic E-state index is 0.000503. The number of fused-ring (bicyclic) bond motifs is 1. The standard InChI is InChI=1S/C26H23N3O4/c1-33-20-9-5-6-16(13-20)18-14-23-25(24(30)15-18)26(17-7-4-8-19(12-17)29(31)32)28-22-11-3-2-10-21(22)27-23/h2-13,18,26-28H,14-15H2,1H3. The van der Waals surface area contributed by atoms with E-state index in [2.05, 4.69) is 10.6 Å². The topological polar surface area (TPSA) is 93.5 Å². The monoisotopic (exact) mass is 441 g/mol. The average Bonchev–Trinajstić information content (AvgIpc) is 3.01. The molecule has 1 heterocycles. The number of nitro benzene ring substituents is 1. The molecule has 2 atom stereocenters. The highest BCUT2D eigenvalue weighted by atomic mass is 16.6. The number of nitrogens with zero attached hydrogens (tertiary/aromatic N) is 1. The largest absolute Gasteiger partial charge is 0.497 e. The number of carbonyl (C=O) groups is 1. The van der Waals surface area contributed by atoms with Gasteiger partial charge in [0, 0.05) is 29.8 Å². The Bertz CT molecular complexity index is 1280. The quantitative estimate of drug-likeness (QED) is 0.405. The van der Waals surface area contributed by atoms with Gasteiger partial charge in [-0.2, -0.15) is 0 Å². The lowest BCUT2D eigenvalue weighted by Gasteiger charge is -2.30. The molecule has 1 aliphatic heterocycles. The molecule has 0 radical (unpaired) electrons. The molecule has 7 nitrogen and oxygen atoms in total. The summed E-state index contributed by atoms with van der Waals surface area (Å²) in [4.78, 5) is 24.5. The first-order valence-electron chi connectivity index (χ1n) is 10.8. The highest BCUT2D eigenvalue weighted by Gasteiger charge is 2.36. The Morgan fingerprint density at radius 1 is 0.939 bits per heavy atom. The van der Waals surface area contributed by atoms with E-state index in [4.69, 9.17) is 4.74 Å². The lowest BCUT2D eigenvalue weighted by molar-refractivity contribution is -0.384. The number of nitro groups is 1. The van der Waals surface area contributed by atoms with E-state index in [1.807, 2.05) is 54.6 Å². The molecule has 3 aromatic rings. The number of hydrogen-bond acceptors (Lipinski definition) is 6. The molecule has 33 heavy (non-hydrogen) atoms. The number of para-hydroxylation sites is 2. The molecular formula is C26H23N3O4. The number of carbonyl (C=O) groups excluding carboxylic acids is 1. The molecule has 2 N–H and O–H groups in total. The van der Waals surface area contributed by atoms with Crippen LogP contribution in [-0.2, 0) is 4.79 Å². The van der Waals surface area contributed by atoms with Gasteiger partial charge in [0.1, 0.15) is 5.75 Å². The normalized spacial score (nSPS) is 19.5. The molecular weight excluding hydrogens is 418 g/mol. The van der Waals surface area contributed by atoms with Crippen LogP contribution in [0.4, 0.5) is 17.1 Å². The van der Waals surface area contributed by atoms with Gasteiger partial charge in [-0.05, 0) is 47.7 Å². The van der Waals surface area contributed by atoms with Crippen molar-refractivity contribution in [1.29, 1.82) is 0 Å². The number of nitrogens with one attached hydrogen (secondary N) is 2. The third kappa shape index (κ3) is 3.93. The van der Waals surface area contributed by atoms with Gasteiger partial charge in [-0.3, -0.25) is 14.9 Å². The van der Waals surface area contributed by atoms with E-state index in [0.29, 0.717) is 24.0 Å². The van der Waals surface area contributed by atoms with Crippen LogP contribution in [0.1, 0.15) is 35.9 Å². The zero-order chi connectivity index (χ0) is 22.9. The van der Waals surface area contributed by atoms with E-state index < -0.39 is 11.0 Å². The van der Waals surface area contributed by atoms with Gasteiger partial charge in [0.05, 0.1) is 29.4 Å². The highest BCUT2D eigenvalue weighted by molar-refractivity contribution is 6.01. The molecule has 0 saturated heterocycles. The Morgan fingerprint density at radius 3 is 2.48 bits per heavy atom. The maximum Gasteiger partial charge on any atom is 0.269 e. The predicted molar refractivity (Wildman–Crippen MR) is 127 cm³/mol. The molecule has 5 rings (SSSR count). The van der Waals surface area contributed by atoms with E-state index in [-0.39, 0.29) is 17.4 Å². The van der Waals surface area contributed by atoms with Crippen LogP contribution in [0.3, 0.4) is 0 Å². The summed E-state index contributed by atoms with van der Waals surface area (Å²) < 4.78 is 5.37. The number of non-ortho nitro benzene ring substituents is 1. The number of anilines is 2. The van der Waals surface area contributed by atoms with Crippen molar-refractivity contribution in [2.45, 2.75) is 24.8 Å². The van der Waals surface area contributed by atoms with E-state index in [0.717, 1.165) is 28.4 Å². The first kappa shape index (κ1) is 20.8. The summed E-state index contributed by atoms with van der Waals surface area (Å²) in [6.07, 6.45) is 1.01. The number of methoxy groups -OCH3 is 1. The average molecular weight is 441 g/mol. The lowest BCUT2D eigenvalue weighted by atomic mass is 9.78. The number of benzene rings is 3. The van der Waals surface area contributed by atoms with Gasteiger partial charge in [0.15, 0.2) is 5.78 Å². The Labute approximate surface area is 191 Å². The fourth-order valence-corrected chi connectivity index (χ4v) is 4.69. The van der Waals surface area contributed by atoms with Gasteiger partial charge < -0.3 is 15.4 Å². The molecule has 0 saturated carbocycles. The molecule has 0 fully saturated rings. The second-order valence-electron chi connectivity index (χ2n) is 8.30. The van der Waals surface area contributed by atoms with Crippen LogP contribution in [0, 0.1) is 10.1 Å². The Hall–Kier alpha value is -4.13. The fraction of sp³-hybridized carbons (Fsp3) is 0.192. The van der Waals surface area contributed by atoms with Crippen molar-refractivity contribution < 1.29 is 14.5 Å². The molecule has 1 aliphatic carbocycles. The van der Waals surface area contributed by atoms with Crippen molar-refractivity contribution in [1.82, 2.24) is 0 Å². The summed E-state index contributed by atoms with van der Waals surface area (Å²) in [7, 11) is 1.63. The fourth-order valence-electron chi connectivity index (χ4n) is 4.69. The Kier molecular flexibility index (Phi) is 5.30. The zero-order valence-corrected chi connectivity index (χ0v) is 18.1. The summed E-state index contributed by atoms with van der Waals surface area (Å²) >= 11 is 0. The molecule has 0 aromatic heterocycles. The second-order valence-corrected chi connectivity index (χ2v) is 8.30. The number of allylic oxidation sites excluding steroid dienone is 1. The zero-order valence-electron chi connectivity index (χ0n) is 18.1. The number of ketones is 1. The molecule has 0 bridgehead atoms. The Balaban J connectivity index is 1.61. The predicted octanol–water partition coefficient (Wildman–Crippen LogP) is 5.58. The molecule has 0 amide bonds. The van der Waals surface area contributed by atoms with Crippen molar-refractivity contribution in [2.75, 3.05) is 17.7 Å². The second kappa shape index (κ2) is 8.43. The van der Waals surface area contributed by atoms with Crippen molar-refractivity contribution >= 4 is 22.8 Å². The van der Waals surface area contributed by atoms with Crippen LogP contribution in [0.2, 0.25) is 0 Å². The molecule has 7 heteroatoms. The summed E-state index contributed by atoms with van der Waals surface area (Å²) in [5, 5.41) is 18.3. The van der Waals surface area contributed by atoms with E-state index in [9.17, 15) is 14.9 Å². The van der Waals surface area contributed by atoms with Crippen LogP contribution in [0.25, 0.3) is 0 Å². The summed E-state index contributed by atoms with van der Waals surface area (Å²) in [6.45, 7) is 0. The number of hydrogen-bond donors (Lipinski definition) is 2. The summed E-state index contributed by atoms with van der Waals surface area (Å²) in [5.74, 6) is 0.790. The van der Waals surface area contributed by atoms with Crippen LogP contribution >= 0.6 is 0 Å². The van der Waals surface area contributed by atoms with Crippen molar-refractivity contribution in [3.8, 4) is 5.75 Å². The van der Waals surface area contributed by atoms with Gasteiger partial charge >= 0.3 is 0 Å². The minimum atomic E-state index is -0.491. The van der Waals surface area contributed by atoms with Gasteiger partial charge in [0.2, 0.25) is 0 Å². The number of ether oxygens (including phenoxy) is 1.